The zero-order valence-corrected chi connectivity index (χ0v) is 8.95. The number of aromatic nitrogens is 3. The molecule has 0 unspecified atom stereocenters. The molecule has 1 aromatic heterocycles. The van der Waals surface area contributed by atoms with Crippen molar-refractivity contribution in [1.82, 2.24) is 15.2 Å². The molecule has 0 aliphatic rings. The third-order valence-electron chi connectivity index (χ3n) is 1.93. The second kappa shape index (κ2) is 4.42. The molecule has 0 amide bonds. The molecule has 1 heterocycles. The van der Waals surface area contributed by atoms with Crippen LogP contribution in [0.15, 0.2) is 24.3 Å². The van der Waals surface area contributed by atoms with E-state index in [-0.39, 0.29) is 0 Å². The summed E-state index contributed by atoms with van der Waals surface area (Å²) in [6.45, 7) is 0.414. The van der Waals surface area contributed by atoms with Crippen molar-refractivity contribution in [3.8, 4) is 11.4 Å². The Labute approximate surface area is 92.3 Å². The largest absolute Gasteiger partial charge is 0.377 e. The maximum absolute atomic E-state index is 6.02. The first kappa shape index (κ1) is 10.1. The third-order valence-corrected chi connectivity index (χ3v) is 2.26. The molecule has 0 aliphatic carbocycles. The van der Waals surface area contributed by atoms with E-state index in [2.05, 4.69) is 15.2 Å². The van der Waals surface area contributed by atoms with Crippen molar-refractivity contribution < 1.29 is 4.74 Å². The minimum absolute atomic E-state index is 0.414. The van der Waals surface area contributed by atoms with Crippen LogP contribution >= 0.6 is 11.6 Å². The Morgan fingerprint density at radius 3 is 2.93 bits per heavy atom. The van der Waals surface area contributed by atoms with Crippen molar-refractivity contribution in [2.45, 2.75) is 6.61 Å². The summed E-state index contributed by atoms with van der Waals surface area (Å²) in [6.07, 6.45) is 0. The summed E-state index contributed by atoms with van der Waals surface area (Å²) in [6, 6.07) is 7.45. The first-order valence-electron chi connectivity index (χ1n) is 4.46. The summed E-state index contributed by atoms with van der Waals surface area (Å²) >= 11 is 6.02. The Hall–Kier alpha value is -1.39. The number of nitrogens with zero attached hydrogens (tertiary/aromatic N) is 2. The van der Waals surface area contributed by atoms with Crippen LogP contribution < -0.4 is 0 Å². The van der Waals surface area contributed by atoms with Crippen molar-refractivity contribution in [2.75, 3.05) is 7.11 Å². The summed E-state index contributed by atoms with van der Waals surface area (Å²) in [7, 11) is 1.61. The quantitative estimate of drug-likeness (QED) is 0.869. The van der Waals surface area contributed by atoms with E-state index in [9.17, 15) is 0 Å². The van der Waals surface area contributed by atoms with Crippen molar-refractivity contribution >= 4 is 11.6 Å². The van der Waals surface area contributed by atoms with Crippen LogP contribution in [-0.4, -0.2) is 22.3 Å². The molecule has 5 heteroatoms. The standard InChI is InChI=1S/C10H10ClN3O/c1-15-6-9-12-10(14-13-9)7-4-2-3-5-8(7)11/h2-5H,6H2,1H3,(H,12,13,14). The number of nitrogens with one attached hydrogen (secondary N) is 1. The van der Waals surface area contributed by atoms with Gasteiger partial charge in [-0.1, -0.05) is 23.7 Å². The van der Waals surface area contributed by atoms with Gasteiger partial charge in [0.15, 0.2) is 11.6 Å². The van der Waals surface area contributed by atoms with Gasteiger partial charge in [0.25, 0.3) is 0 Å². The number of hydrogen-bond donors (Lipinski definition) is 1. The molecule has 4 nitrogen and oxygen atoms in total. The van der Waals surface area contributed by atoms with E-state index in [0.29, 0.717) is 23.3 Å². The van der Waals surface area contributed by atoms with Gasteiger partial charge in [-0.25, -0.2) is 4.98 Å². The van der Waals surface area contributed by atoms with Gasteiger partial charge in [-0.3, -0.25) is 5.10 Å². The molecule has 0 bridgehead atoms. The van der Waals surface area contributed by atoms with Crippen LogP contribution in [0.5, 0.6) is 0 Å². The monoisotopic (exact) mass is 223 g/mol. The number of benzene rings is 1. The first-order valence-corrected chi connectivity index (χ1v) is 4.84. The normalized spacial score (nSPS) is 10.5. The molecule has 78 valence electrons. The molecule has 0 saturated heterocycles. The van der Waals surface area contributed by atoms with E-state index in [1.807, 2.05) is 24.3 Å². The number of H-pyrrole nitrogens is 1. The number of methoxy groups -OCH3 is 1. The fourth-order valence-electron chi connectivity index (χ4n) is 1.26. The van der Waals surface area contributed by atoms with E-state index >= 15 is 0 Å². The van der Waals surface area contributed by atoms with Crippen LogP contribution in [0.3, 0.4) is 0 Å². The zero-order valence-electron chi connectivity index (χ0n) is 8.20. The SMILES string of the molecule is COCc1nc(-c2ccccc2Cl)n[nH]1. The minimum Gasteiger partial charge on any atom is -0.377 e. The van der Waals surface area contributed by atoms with Gasteiger partial charge in [-0.05, 0) is 12.1 Å². The van der Waals surface area contributed by atoms with Crippen LogP contribution in [0.25, 0.3) is 11.4 Å². The lowest BCUT2D eigenvalue weighted by molar-refractivity contribution is 0.178. The number of rotatable bonds is 3. The summed E-state index contributed by atoms with van der Waals surface area (Å²) in [5, 5.41) is 7.49. The van der Waals surface area contributed by atoms with Crippen LogP contribution in [-0.2, 0) is 11.3 Å². The highest BCUT2D eigenvalue weighted by Crippen LogP contribution is 2.24. The molecule has 15 heavy (non-hydrogen) atoms. The van der Waals surface area contributed by atoms with Gasteiger partial charge < -0.3 is 4.74 Å². The third kappa shape index (κ3) is 2.16. The van der Waals surface area contributed by atoms with Gasteiger partial charge in [-0.2, -0.15) is 5.10 Å². The van der Waals surface area contributed by atoms with Gasteiger partial charge in [0.2, 0.25) is 0 Å². The molecular formula is C10H10ClN3O. The number of hydrogen-bond acceptors (Lipinski definition) is 3. The van der Waals surface area contributed by atoms with Crippen LogP contribution in [0.1, 0.15) is 5.82 Å². The molecular weight excluding hydrogens is 214 g/mol. The second-order valence-corrected chi connectivity index (χ2v) is 3.43. The first-order chi connectivity index (χ1) is 7.31. The van der Waals surface area contributed by atoms with Gasteiger partial charge in [0.1, 0.15) is 6.61 Å². The van der Waals surface area contributed by atoms with Gasteiger partial charge >= 0.3 is 0 Å². The molecule has 0 aliphatic heterocycles. The summed E-state index contributed by atoms with van der Waals surface area (Å²) < 4.78 is 4.94. The summed E-state index contributed by atoms with van der Waals surface area (Å²) in [5.41, 5.74) is 0.817. The van der Waals surface area contributed by atoms with E-state index in [0.717, 1.165) is 5.56 Å². The Morgan fingerprint density at radius 1 is 1.40 bits per heavy atom. The average molecular weight is 224 g/mol. The maximum atomic E-state index is 6.02. The van der Waals surface area contributed by atoms with Crippen LogP contribution in [0.4, 0.5) is 0 Å². The number of ether oxygens (including phenoxy) is 1. The van der Waals surface area contributed by atoms with Crippen molar-refractivity contribution in [2.24, 2.45) is 0 Å². The Morgan fingerprint density at radius 2 is 2.20 bits per heavy atom. The fourth-order valence-corrected chi connectivity index (χ4v) is 1.48. The lowest BCUT2D eigenvalue weighted by atomic mass is 10.2. The molecule has 1 N–H and O–H groups in total. The zero-order chi connectivity index (χ0) is 10.7. The van der Waals surface area contributed by atoms with E-state index in [1.54, 1.807) is 7.11 Å². The molecule has 0 fully saturated rings. The van der Waals surface area contributed by atoms with E-state index < -0.39 is 0 Å². The van der Waals surface area contributed by atoms with E-state index in [1.165, 1.54) is 0 Å². The van der Waals surface area contributed by atoms with Gasteiger partial charge in [0.05, 0.1) is 5.02 Å². The smallest absolute Gasteiger partial charge is 0.182 e. The summed E-state index contributed by atoms with van der Waals surface area (Å²) in [4.78, 5) is 4.25. The fraction of sp³-hybridized carbons (Fsp3) is 0.200. The van der Waals surface area contributed by atoms with E-state index in [4.69, 9.17) is 16.3 Å². The topological polar surface area (TPSA) is 50.8 Å². The molecule has 0 spiro atoms. The number of aromatic amines is 1. The second-order valence-electron chi connectivity index (χ2n) is 3.02. The lowest BCUT2D eigenvalue weighted by Gasteiger charge is -1.96. The highest BCUT2D eigenvalue weighted by molar-refractivity contribution is 6.33. The Bertz CT molecular complexity index is 455. The molecule has 0 atom stereocenters. The molecule has 0 radical (unpaired) electrons. The molecule has 2 rings (SSSR count). The molecule has 1 aromatic carbocycles. The Balaban J connectivity index is 2.33. The maximum Gasteiger partial charge on any atom is 0.182 e. The van der Waals surface area contributed by atoms with Crippen LogP contribution in [0, 0.1) is 0 Å². The highest BCUT2D eigenvalue weighted by atomic mass is 35.5. The lowest BCUT2D eigenvalue weighted by Crippen LogP contribution is -1.89. The van der Waals surface area contributed by atoms with Crippen molar-refractivity contribution in [3.05, 3.63) is 35.1 Å². The average Bonchev–Trinajstić information content (AvgIpc) is 2.68. The Kier molecular flexibility index (Phi) is 2.99. The predicted molar refractivity (Wildman–Crippen MR) is 57.5 cm³/mol. The van der Waals surface area contributed by atoms with Crippen molar-refractivity contribution in [1.29, 1.82) is 0 Å². The van der Waals surface area contributed by atoms with Crippen LogP contribution in [0.2, 0.25) is 5.02 Å². The summed E-state index contributed by atoms with van der Waals surface area (Å²) in [5.74, 6) is 1.28. The number of halogens is 1. The minimum atomic E-state index is 0.414. The molecule has 2 aromatic rings. The molecule has 0 saturated carbocycles. The van der Waals surface area contributed by atoms with Gasteiger partial charge in [-0.15, -0.1) is 0 Å². The van der Waals surface area contributed by atoms with Crippen molar-refractivity contribution in [3.63, 3.8) is 0 Å². The highest BCUT2D eigenvalue weighted by Gasteiger charge is 2.08. The predicted octanol–water partition coefficient (Wildman–Crippen LogP) is 2.27. The van der Waals surface area contributed by atoms with Gasteiger partial charge in [0, 0.05) is 12.7 Å².